The van der Waals surface area contributed by atoms with E-state index in [4.69, 9.17) is 14.6 Å². The highest BCUT2D eigenvalue weighted by molar-refractivity contribution is 5.86. The fourth-order valence-electron chi connectivity index (χ4n) is 4.03. The molecular formula is C29H28O4. The van der Waals surface area contributed by atoms with Gasteiger partial charge in [0, 0.05) is 12.0 Å². The Balaban J connectivity index is 1.65. The number of carbonyl (C=O) groups is 1. The second-order valence-electron chi connectivity index (χ2n) is 8.61. The van der Waals surface area contributed by atoms with Gasteiger partial charge < -0.3 is 14.6 Å². The van der Waals surface area contributed by atoms with Crippen LogP contribution >= 0.6 is 0 Å². The Hall–Kier alpha value is -3.79. The third kappa shape index (κ3) is 5.92. The zero-order valence-electron chi connectivity index (χ0n) is 19.0. The van der Waals surface area contributed by atoms with Gasteiger partial charge in [-0.3, -0.25) is 0 Å². The van der Waals surface area contributed by atoms with Crippen molar-refractivity contribution in [3.05, 3.63) is 102 Å². The summed E-state index contributed by atoms with van der Waals surface area (Å²) in [6.07, 6.45) is 1.59. The molecule has 0 atom stereocenters. The van der Waals surface area contributed by atoms with Crippen LogP contribution in [0.1, 0.15) is 30.5 Å². The summed E-state index contributed by atoms with van der Waals surface area (Å²) < 4.78 is 11.8. The van der Waals surface area contributed by atoms with E-state index in [1.807, 2.05) is 42.5 Å². The number of rotatable bonds is 9. The van der Waals surface area contributed by atoms with Crippen LogP contribution in [-0.4, -0.2) is 17.7 Å². The maximum absolute atomic E-state index is 11.1. The van der Waals surface area contributed by atoms with E-state index in [0.717, 1.165) is 34.1 Å². The number of hydrogen-bond donors (Lipinski definition) is 1. The van der Waals surface area contributed by atoms with Crippen LogP contribution in [-0.2, 0) is 17.6 Å². The third-order valence-corrected chi connectivity index (χ3v) is 5.42. The maximum atomic E-state index is 11.1. The molecule has 0 unspecified atom stereocenters. The molecule has 4 aromatic rings. The average Bonchev–Trinajstić information content (AvgIpc) is 2.78. The lowest BCUT2D eigenvalue weighted by Gasteiger charge is -2.15. The van der Waals surface area contributed by atoms with Crippen LogP contribution in [0.25, 0.3) is 10.8 Å². The van der Waals surface area contributed by atoms with E-state index in [2.05, 4.69) is 50.2 Å². The van der Waals surface area contributed by atoms with Gasteiger partial charge in [-0.2, -0.15) is 0 Å². The molecule has 0 saturated carbocycles. The van der Waals surface area contributed by atoms with E-state index < -0.39 is 5.97 Å². The summed E-state index contributed by atoms with van der Waals surface area (Å²) in [5.74, 6) is 1.58. The maximum Gasteiger partial charge on any atom is 0.341 e. The molecule has 0 radical (unpaired) electrons. The zero-order valence-corrected chi connectivity index (χ0v) is 19.0. The summed E-state index contributed by atoms with van der Waals surface area (Å²) in [6, 6.07) is 28.1. The first kappa shape index (κ1) is 22.4. The first-order valence-electron chi connectivity index (χ1n) is 11.2. The van der Waals surface area contributed by atoms with Gasteiger partial charge in [-0.25, -0.2) is 4.79 Å². The van der Waals surface area contributed by atoms with Crippen LogP contribution in [0.15, 0.2) is 84.9 Å². The Morgan fingerprint density at radius 2 is 1.61 bits per heavy atom. The van der Waals surface area contributed by atoms with Crippen molar-refractivity contribution in [2.24, 2.45) is 5.92 Å². The number of benzene rings is 4. The molecule has 4 rings (SSSR count). The van der Waals surface area contributed by atoms with Gasteiger partial charge in [0.2, 0.25) is 0 Å². The van der Waals surface area contributed by atoms with Crippen LogP contribution in [0, 0.1) is 5.92 Å². The van der Waals surface area contributed by atoms with Gasteiger partial charge in [0.1, 0.15) is 17.2 Å². The summed E-state index contributed by atoms with van der Waals surface area (Å²) in [4.78, 5) is 11.1. The van der Waals surface area contributed by atoms with E-state index in [-0.39, 0.29) is 6.61 Å². The highest BCUT2D eigenvalue weighted by Gasteiger charge is 2.12. The van der Waals surface area contributed by atoms with Crippen molar-refractivity contribution in [2.75, 3.05) is 6.61 Å². The minimum Gasteiger partial charge on any atom is -0.482 e. The van der Waals surface area contributed by atoms with E-state index in [1.54, 1.807) is 6.07 Å². The predicted octanol–water partition coefficient (Wildman–Crippen LogP) is 6.88. The van der Waals surface area contributed by atoms with Gasteiger partial charge in [-0.1, -0.05) is 68.4 Å². The molecule has 4 nitrogen and oxygen atoms in total. The molecule has 0 heterocycles. The molecule has 0 aromatic heterocycles. The monoisotopic (exact) mass is 440 g/mol. The SMILES string of the molecule is CC(C)Cc1cccc(Oc2ccc(OCC(=O)O)c(Cc3cccc4ccccc34)c2)c1. The third-order valence-electron chi connectivity index (χ3n) is 5.42. The van der Waals surface area contributed by atoms with Gasteiger partial charge in [0.05, 0.1) is 0 Å². The summed E-state index contributed by atoms with van der Waals surface area (Å²) >= 11 is 0. The number of carboxylic acids is 1. The summed E-state index contributed by atoms with van der Waals surface area (Å²) in [7, 11) is 0. The number of carboxylic acid groups (broad SMARTS) is 1. The van der Waals surface area contributed by atoms with Gasteiger partial charge in [0.25, 0.3) is 0 Å². The first-order chi connectivity index (χ1) is 16.0. The fourth-order valence-corrected chi connectivity index (χ4v) is 4.03. The van der Waals surface area contributed by atoms with E-state index in [9.17, 15) is 4.79 Å². The molecule has 0 aliphatic rings. The molecule has 4 aromatic carbocycles. The molecule has 0 spiro atoms. The van der Waals surface area contributed by atoms with Crippen molar-refractivity contribution in [3.8, 4) is 17.2 Å². The fraction of sp³-hybridized carbons (Fsp3) is 0.207. The molecule has 4 heteroatoms. The number of aliphatic carboxylic acids is 1. The largest absolute Gasteiger partial charge is 0.482 e. The molecule has 0 aliphatic carbocycles. The molecule has 168 valence electrons. The Labute approximate surface area is 194 Å². The molecule has 0 fully saturated rings. The summed E-state index contributed by atoms with van der Waals surface area (Å²) in [6.45, 7) is 4.01. The Morgan fingerprint density at radius 1 is 0.848 bits per heavy atom. The second-order valence-corrected chi connectivity index (χ2v) is 8.61. The Kier molecular flexibility index (Phi) is 6.94. The minimum atomic E-state index is -1.01. The Bertz CT molecular complexity index is 1250. The van der Waals surface area contributed by atoms with Crippen LogP contribution < -0.4 is 9.47 Å². The molecule has 33 heavy (non-hydrogen) atoms. The number of hydrogen-bond acceptors (Lipinski definition) is 3. The van der Waals surface area contributed by atoms with Gasteiger partial charge in [0.15, 0.2) is 6.61 Å². The van der Waals surface area contributed by atoms with Crippen molar-refractivity contribution in [1.29, 1.82) is 0 Å². The first-order valence-corrected chi connectivity index (χ1v) is 11.2. The molecule has 0 aliphatic heterocycles. The standard InChI is InChI=1S/C29H28O4/c1-20(2)15-21-7-5-11-25(16-21)33-26-13-14-28(32-19-29(30)31)24(18-26)17-23-10-6-9-22-8-3-4-12-27(22)23/h3-14,16,18,20H,15,17,19H2,1-2H3,(H,30,31). The van der Waals surface area contributed by atoms with Crippen molar-refractivity contribution in [2.45, 2.75) is 26.7 Å². The number of ether oxygens (including phenoxy) is 2. The highest BCUT2D eigenvalue weighted by atomic mass is 16.5. The molecular weight excluding hydrogens is 412 g/mol. The lowest BCUT2D eigenvalue weighted by atomic mass is 9.98. The molecule has 0 amide bonds. The minimum absolute atomic E-state index is 0.389. The van der Waals surface area contributed by atoms with Crippen molar-refractivity contribution in [1.82, 2.24) is 0 Å². The van der Waals surface area contributed by atoms with Crippen LogP contribution in [0.2, 0.25) is 0 Å². The molecule has 1 N–H and O–H groups in total. The normalized spacial score (nSPS) is 11.0. The Morgan fingerprint density at radius 3 is 2.42 bits per heavy atom. The van der Waals surface area contributed by atoms with E-state index in [1.165, 1.54) is 5.56 Å². The van der Waals surface area contributed by atoms with Crippen molar-refractivity contribution >= 4 is 16.7 Å². The summed E-state index contributed by atoms with van der Waals surface area (Å²) in [5, 5.41) is 11.4. The van der Waals surface area contributed by atoms with Gasteiger partial charge in [-0.05, 0) is 64.6 Å². The van der Waals surface area contributed by atoms with Crippen LogP contribution in [0.4, 0.5) is 0 Å². The van der Waals surface area contributed by atoms with Crippen molar-refractivity contribution in [3.63, 3.8) is 0 Å². The van der Waals surface area contributed by atoms with E-state index >= 15 is 0 Å². The second kappa shape index (κ2) is 10.2. The zero-order chi connectivity index (χ0) is 23.2. The quantitative estimate of drug-likeness (QED) is 0.308. The van der Waals surface area contributed by atoms with Gasteiger partial charge in [-0.15, -0.1) is 0 Å². The summed E-state index contributed by atoms with van der Waals surface area (Å²) in [5.41, 5.74) is 3.26. The molecule has 0 saturated heterocycles. The number of fused-ring (bicyclic) bond motifs is 1. The topological polar surface area (TPSA) is 55.8 Å². The van der Waals surface area contributed by atoms with Crippen molar-refractivity contribution < 1.29 is 19.4 Å². The lowest BCUT2D eigenvalue weighted by Crippen LogP contribution is -2.10. The van der Waals surface area contributed by atoms with Crippen LogP contribution in [0.5, 0.6) is 17.2 Å². The van der Waals surface area contributed by atoms with Gasteiger partial charge >= 0.3 is 5.97 Å². The highest BCUT2D eigenvalue weighted by Crippen LogP contribution is 2.32. The lowest BCUT2D eigenvalue weighted by molar-refractivity contribution is -0.139. The van der Waals surface area contributed by atoms with E-state index in [0.29, 0.717) is 23.8 Å². The van der Waals surface area contributed by atoms with Crippen LogP contribution in [0.3, 0.4) is 0 Å². The molecule has 0 bridgehead atoms. The predicted molar refractivity (Wildman–Crippen MR) is 131 cm³/mol. The average molecular weight is 441 g/mol. The smallest absolute Gasteiger partial charge is 0.341 e.